The number of carbonyl (C=O) groups is 1. The first-order valence-corrected chi connectivity index (χ1v) is 6.37. The van der Waals surface area contributed by atoms with Crippen LogP contribution in [0.1, 0.15) is 11.1 Å². The zero-order chi connectivity index (χ0) is 16.3. The zero-order valence-electron chi connectivity index (χ0n) is 11.4. The minimum absolute atomic E-state index is 0.141. The SMILES string of the molecule is Nc1ccc(CC(=O)Nc2ccccc2C(F)(F)F)c(N)c1. The number of rotatable bonds is 3. The quantitative estimate of drug-likeness (QED) is 0.762. The summed E-state index contributed by atoms with van der Waals surface area (Å²) < 4.78 is 38.5. The van der Waals surface area contributed by atoms with Crippen molar-refractivity contribution in [1.82, 2.24) is 0 Å². The normalized spacial score (nSPS) is 11.2. The molecule has 2 aromatic carbocycles. The molecule has 0 saturated carbocycles. The third-order valence-corrected chi connectivity index (χ3v) is 3.03. The van der Waals surface area contributed by atoms with Crippen LogP contribution < -0.4 is 16.8 Å². The maximum absolute atomic E-state index is 12.8. The summed E-state index contributed by atoms with van der Waals surface area (Å²) in [6, 6.07) is 9.42. The summed E-state index contributed by atoms with van der Waals surface area (Å²) in [5, 5.41) is 2.26. The molecule has 0 heterocycles. The van der Waals surface area contributed by atoms with Crippen molar-refractivity contribution >= 4 is 23.0 Å². The van der Waals surface area contributed by atoms with Crippen LogP contribution in [-0.2, 0) is 17.4 Å². The molecule has 22 heavy (non-hydrogen) atoms. The second-order valence-corrected chi connectivity index (χ2v) is 4.73. The van der Waals surface area contributed by atoms with Gasteiger partial charge in [-0.15, -0.1) is 0 Å². The Morgan fingerprint density at radius 1 is 1.09 bits per heavy atom. The van der Waals surface area contributed by atoms with Gasteiger partial charge in [-0.25, -0.2) is 0 Å². The molecule has 0 aromatic heterocycles. The molecule has 0 unspecified atom stereocenters. The Labute approximate surface area is 124 Å². The zero-order valence-corrected chi connectivity index (χ0v) is 11.4. The van der Waals surface area contributed by atoms with Crippen molar-refractivity contribution in [3.63, 3.8) is 0 Å². The Hall–Kier alpha value is -2.70. The van der Waals surface area contributed by atoms with Crippen molar-refractivity contribution in [1.29, 1.82) is 0 Å². The molecule has 2 aromatic rings. The molecule has 0 fully saturated rings. The number of nitrogens with one attached hydrogen (secondary N) is 1. The number of nitrogen functional groups attached to an aromatic ring is 2. The lowest BCUT2D eigenvalue weighted by molar-refractivity contribution is -0.137. The fourth-order valence-corrected chi connectivity index (χ4v) is 1.98. The van der Waals surface area contributed by atoms with Crippen molar-refractivity contribution in [2.24, 2.45) is 0 Å². The molecule has 1 amide bonds. The van der Waals surface area contributed by atoms with Crippen molar-refractivity contribution in [3.8, 4) is 0 Å². The van der Waals surface area contributed by atoms with Gasteiger partial charge in [0, 0.05) is 11.4 Å². The van der Waals surface area contributed by atoms with E-state index in [4.69, 9.17) is 11.5 Å². The average molecular weight is 309 g/mol. The Balaban J connectivity index is 2.16. The van der Waals surface area contributed by atoms with Crippen molar-refractivity contribution in [3.05, 3.63) is 53.6 Å². The van der Waals surface area contributed by atoms with Gasteiger partial charge in [0.1, 0.15) is 0 Å². The number of anilines is 3. The summed E-state index contributed by atoms with van der Waals surface area (Å²) in [5.41, 5.74) is 11.4. The minimum atomic E-state index is -4.54. The predicted octanol–water partition coefficient (Wildman–Crippen LogP) is 3.05. The lowest BCUT2D eigenvalue weighted by Crippen LogP contribution is -2.18. The molecular formula is C15H14F3N3O. The summed E-state index contributed by atoms with van der Waals surface area (Å²) in [4.78, 5) is 11.9. The van der Waals surface area contributed by atoms with Gasteiger partial charge in [-0.2, -0.15) is 13.2 Å². The molecule has 0 spiro atoms. The summed E-state index contributed by atoms with van der Waals surface area (Å²) in [6.07, 6.45) is -4.68. The van der Waals surface area contributed by atoms with E-state index >= 15 is 0 Å². The Morgan fingerprint density at radius 2 is 1.77 bits per heavy atom. The first kappa shape index (κ1) is 15.7. The van der Waals surface area contributed by atoms with Crippen LogP contribution in [0, 0.1) is 0 Å². The molecule has 5 N–H and O–H groups in total. The monoisotopic (exact) mass is 309 g/mol. The van der Waals surface area contributed by atoms with E-state index < -0.39 is 17.6 Å². The maximum atomic E-state index is 12.8. The molecule has 7 heteroatoms. The number of carbonyl (C=O) groups excluding carboxylic acids is 1. The Bertz CT molecular complexity index is 699. The van der Waals surface area contributed by atoms with Gasteiger partial charge in [0.05, 0.1) is 17.7 Å². The summed E-state index contributed by atoms with van der Waals surface area (Å²) in [6.45, 7) is 0. The number of halogens is 3. The van der Waals surface area contributed by atoms with Crippen molar-refractivity contribution in [2.45, 2.75) is 12.6 Å². The molecule has 0 aliphatic heterocycles. The third kappa shape index (κ3) is 3.69. The number of nitrogens with two attached hydrogens (primary N) is 2. The van der Waals surface area contributed by atoms with Gasteiger partial charge < -0.3 is 16.8 Å². The van der Waals surface area contributed by atoms with Crippen LogP contribution in [0.25, 0.3) is 0 Å². The van der Waals surface area contributed by atoms with E-state index in [-0.39, 0.29) is 12.1 Å². The number of hydrogen-bond donors (Lipinski definition) is 3. The topological polar surface area (TPSA) is 81.1 Å². The van der Waals surface area contributed by atoms with Crippen molar-refractivity contribution in [2.75, 3.05) is 16.8 Å². The molecule has 0 radical (unpaired) electrons. The lowest BCUT2D eigenvalue weighted by atomic mass is 10.1. The number of hydrogen-bond acceptors (Lipinski definition) is 3. The summed E-state index contributed by atoms with van der Waals surface area (Å²) in [5.74, 6) is -0.590. The van der Waals surface area contributed by atoms with E-state index in [2.05, 4.69) is 5.32 Å². The molecule has 4 nitrogen and oxygen atoms in total. The van der Waals surface area contributed by atoms with E-state index in [0.29, 0.717) is 16.9 Å². The van der Waals surface area contributed by atoms with Gasteiger partial charge >= 0.3 is 6.18 Å². The maximum Gasteiger partial charge on any atom is 0.418 e. The first-order valence-electron chi connectivity index (χ1n) is 6.37. The molecule has 0 bridgehead atoms. The molecule has 0 atom stereocenters. The van der Waals surface area contributed by atoms with E-state index in [9.17, 15) is 18.0 Å². The lowest BCUT2D eigenvalue weighted by Gasteiger charge is -2.14. The summed E-state index contributed by atoms with van der Waals surface area (Å²) in [7, 11) is 0. The fourth-order valence-electron chi connectivity index (χ4n) is 1.98. The van der Waals surface area contributed by atoms with Crippen LogP contribution >= 0.6 is 0 Å². The van der Waals surface area contributed by atoms with Gasteiger partial charge in [-0.3, -0.25) is 4.79 Å². The van der Waals surface area contributed by atoms with Gasteiger partial charge in [0.2, 0.25) is 5.91 Å². The second kappa shape index (κ2) is 5.97. The highest BCUT2D eigenvalue weighted by Crippen LogP contribution is 2.34. The van der Waals surface area contributed by atoms with Crippen LogP contribution in [0.15, 0.2) is 42.5 Å². The van der Waals surface area contributed by atoms with Crippen molar-refractivity contribution < 1.29 is 18.0 Å². The fraction of sp³-hybridized carbons (Fsp3) is 0.133. The smallest absolute Gasteiger partial charge is 0.399 e. The number of para-hydroxylation sites is 1. The Kier molecular flexibility index (Phi) is 4.25. The number of amides is 1. The number of alkyl halides is 3. The van der Waals surface area contributed by atoms with Gasteiger partial charge in [-0.05, 0) is 29.8 Å². The molecule has 0 aliphatic rings. The molecule has 116 valence electrons. The van der Waals surface area contributed by atoms with Crippen LogP contribution in [0.2, 0.25) is 0 Å². The van der Waals surface area contributed by atoms with Crippen LogP contribution in [0.4, 0.5) is 30.2 Å². The largest absolute Gasteiger partial charge is 0.418 e. The second-order valence-electron chi connectivity index (χ2n) is 4.73. The number of benzene rings is 2. The highest BCUT2D eigenvalue weighted by molar-refractivity contribution is 5.93. The standard InChI is InChI=1S/C15H14F3N3O/c16-15(17,18)11-3-1-2-4-13(11)21-14(22)7-9-5-6-10(19)8-12(9)20/h1-6,8H,7,19-20H2,(H,21,22). The molecule has 0 saturated heterocycles. The van der Waals surface area contributed by atoms with E-state index in [1.54, 1.807) is 12.1 Å². The molecule has 0 aliphatic carbocycles. The molecular weight excluding hydrogens is 295 g/mol. The van der Waals surface area contributed by atoms with Crippen LogP contribution in [0.5, 0.6) is 0 Å². The highest BCUT2D eigenvalue weighted by atomic mass is 19.4. The highest BCUT2D eigenvalue weighted by Gasteiger charge is 2.33. The summed E-state index contributed by atoms with van der Waals surface area (Å²) >= 11 is 0. The predicted molar refractivity (Wildman–Crippen MR) is 79.0 cm³/mol. The molecule has 2 rings (SSSR count). The van der Waals surface area contributed by atoms with Crippen LogP contribution in [-0.4, -0.2) is 5.91 Å². The Morgan fingerprint density at radius 3 is 2.41 bits per heavy atom. The third-order valence-electron chi connectivity index (χ3n) is 3.03. The van der Waals surface area contributed by atoms with Gasteiger partial charge in [0.25, 0.3) is 0 Å². The first-order chi connectivity index (χ1) is 10.3. The van der Waals surface area contributed by atoms with Gasteiger partial charge in [-0.1, -0.05) is 18.2 Å². The van der Waals surface area contributed by atoms with Crippen LogP contribution in [0.3, 0.4) is 0 Å². The van der Waals surface area contributed by atoms with Gasteiger partial charge in [0.15, 0.2) is 0 Å². The van der Waals surface area contributed by atoms with E-state index in [1.807, 2.05) is 0 Å². The van der Waals surface area contributed by atoms with E-state index in [1.165, 1.54) is 24.3 Å². The minimum Gasteiger partial charge on any atom is -0.399 e. The average Bonchev–Trinajstić information content (AvgIpc) is 2.41. The van der Waals surface area contributed by atoms with E-state index in [0.717, 1.165) is 6.07 Å².